The van der Waals surface area contributed by atoms with Crippen molar-refractivity contribution in [3.05, 3.63) is 76.2 Å². The number of fused-ring (bicyclic) bond motifs is 1. The van der Waals surface area contributed by atoms with Crippen LogP contribution >= 0.6 is 11.6 Å². The van der Waals surface area contributed by atoms with Gasteiger partial charge >= 0.3 is 0 Å². The van der Waals surface area contributed by atoms with E-state index in [2.05, 4.69) is 20.4 Å². The maximum Gasteiger partial charge on any atom is 0.253 e. The molecule has 1 aromatic carbocycles. The number of aromatic nitrogens is 4. The fourth-order valence-corrected chi connectivity index (χ4v) is 3.68. The molecule has 0 aliphatic rings. The Morgan fingerprint density at radius 2 is 1.87 bits per heavy atom. The topological polar surface area (TPSA) is 98.2 Å². The second-order valence-electron chi connectivity index (χ2n) is 7.43. The summed E-state index contributed by atoms with van der Waals surface area (Å²) in [7, 11) is 0. The Morgan fingerprint density at radius 1 is 1.10 bits per heavy atom. The fourth-order valence-electron chi connectivity index (χ4n) is 3.55. The minimum atomic E-state index is -0.129. The van der Waals surface area contributed by atoms with Crippen LogP contribution < -0.4 is 11.1 Å². The lowest BCUT2D eigenvalue weighted by molar-refractivity contribution is 0.0952. The van der Waals surface area contributed by atoms with Gasteiger partial charge in [-0.2, -0.15) is 4.98 Å². The lowest BCUT2D eigenvalue weighted by atomic mass is 10.0. The van der Waals surface area contributed by atoms with E-state index in [9.17, 15) is 4.79 Å². The van der Waals surface area contributed by atoms with Crippen LogP contribution in [0.3, 0.4) is 0 Å². The Morgan fingerprint density at radius 3 is 2.65 bits per heavy atom. The highest BCUT2D eigenvalue weighted by Crippen LogP contribution is 2.26. The van der Waals surface area contributed by atoms with Crippen LogP contribution in [0.25, 0.3) is 16.8 Å². The number of aryl methyl sites for hydroxylation is 3. The molecule has 4 rings (SSSR count). The van der Waals surface area contributed by atoms with E-state index in [1.54, 1.807) is 10.7 Å². The first kappa shape index (κ1) is 20.8. The van der Waals surface area contributed by atoms with Gasteiger partial charge in [0, 0.05) is 29.0 Å². The second kappa shape index (κ2) is 8.73. The number of amides is 1. The van der Waals surface area contributed by atoms with E-state index in [1.807, 2.05) is 56.3 Å². The number of carbonyl (C=O) groups excluding carboxylic acids is 1. The van der Waals surface area contributed by atoms with Crippen LogP contribution in [-0.2, 0) is 6.42 Å². The summed E-state index contributed by atoms with van der Waals surface area (Å²) in [5.74, 6) is 0.0877. The maximum atomic E-state index is 12.8. The number of nitrogen functional groups attached to an aromatic ring is 1. The molecule has 31 heavy (non-hydrogen) atoms. The number of nitrogens with one attached hydrogen (secondary N) is 1. The monoisotopic (exact) mass is 434 g/mol. The van der Waals surface area contributed by atoms with E-state index in [4.69, 9.17) is 17.3 Å². The zero-order chi connectivity index (χ0) is 22.0. The van der Waals surface area contributed by atoms with Gasteiger partial charge in [0.1, 0.15) is 0 Å². The van der Waals surface area contributed by atoms with Crippen LogP contribution in [0, 0.1) is 13.8 Å². The van der Waals surface area contributed by atoms with Crippen molar-refractivity contribution in [3.63, 3.8) is 0 Å². The van der Waals surface area contributed by atoms with Gasteiger partial charge in [0.25, 0.3) is 5.91 Å². The van der Waals surface area contributed by atoms with Gasteiger partial charge in [0.05, 0.1) is 11.3 Å². The standard InChI is InChI=1S/C23H23ClN6O/c1-14-19(17-9-11-30-21(12-17)28-23(25)29-30)13-20(15(2)27-14)22(31)26-10-3-4-16-5-7-18(24)8-6-16/h5-9,11-13H,3-4,10H2,1-2H3,(H2,25,29)(H,26,31). The van der Waals surface area contributed by atoms with Crippen LogP contribution in [-0.4, -0.2) is 32.0 Å². The molecule has 0 atom stereocenters. The molecule has 7 nitrogen and oxygen atoms in total. The number of hydrogen-bond acceptors (Lipinski definition) is 5. The maximum absolute atomic E-state index is 12.8. The molecule has 1 amide bonds. The third-order valence-corrected chi connectivity index (χ3v) is 5.41. The van der Waals surface area contributed by atoms with Crippen molar-refractivity contribution < 1.29 is 4.79 Å². The predicted octanol–water partition coefficient (Wildman–Crippen LogP) is 4.01. The molecule has 0 saturated carbocycles. The van der Waals surface area contributed by atoms with Gasteiger partial charge in [0.2, 0.25) is 5.95 Å². The van der Waals surface area contributed by atoms with E-state index in [0.29, 0.717) is 23.4 Å². The first-order valence-corrected chi connectivity index (χ1v) is 10.4. The SMILES string of the molecule is Cc1nc(C)c(-c2ccn3nc(N)nc3c2)cc1C(=O)NCCCc1ccc(Cl)cc1. The highest BCUT2D eigenvalue weighted by Gasteiger charge is 2.15. The smallest absolute Gasteiger partial charge is 0.253 e. The van der Waals surface area contributed by atoms with Gasteiger partial charge in [-0.05, 0) is 68.1 Å². The third-order valence-electron chi connectivity index (χ3n) is 5.15. The molecule has 0 saturated heterocycles. The minimum Gasteiger partial charge on any atom is -0.366 e. The number of pyridine rings is 2. The van der Waals surface area contributed by atoms with E-state index in [1.165, 1.54) is 5.56 Å². The van der Waals surface area contributed by atoms with Crippen LogP contribution in [0.4, 0.5) is 5.95 Å². The predicted molar refractivity (Wildman–Crippen MR) is 122 cm³/mol. The van der Waals surface area contributed by atoms with Crippen molar-refractivity contribution in [2.45, 2.75) is 26.7 Å². The summed E-state index contributed by atoms with van der Waals surface area (Å²) in [5.41, 5.74) is 11.4. The Labute approximate surface area is 185 Å². The molecule has 0 radical (unpaired) electrons. The minimum absolute atomic E-state index is 0.129. The van der Waals surface area contributed by atoms with E-state index in [-0.39, 0.29) is 11.9 Å². The Kier molecular flexibility index (Phi) is 5.86. The number of hydrogen-bond donors (Lipinski definition) is 2. The number of nitrogens with two attached hydrogens (primary N) is 1. The number of rotatable bonds is 6. The highest BCUT2D eigenvalue weighted by atomic mass is 35.5. The summed E-state index contributed by atoms with van der Waals surface area (Å²) in [4.78, 5) is 21.6. The molecular formula is C23H23ClN6O. The summed E-state index contributed by atoms with van der Waals surface area (Å²) in [6, 6.07) is 13.4. The fraction of sp³-hybridized carbons (Fsp3) is 0.217. The van der Waals surface area contributed by atoms with Gasteiger partial charge in [-0.15, -0.1) is 5.10 Å². The first-order valence-electron chi connectivity index (χ1n) is 10.0. The molecule has 3 aromatic heterocycles. The van der Waals surface area contributed by atoms with Crippen molar-refractivity contribution in [1.29, 1.82) is 0 Å². The van der Waals surface area contributed by atoms with Crippen LogP contribution in [0.5, 0.6) is 0 Å². The summed E-state index contributed by atoms with van der Waals surface area (Å²) in [6.07, 6.45) is 3.50. The summed E-state index contributed by atoms with van der Waals surface area (Å²) < 4.78 is 1.62. The zero-order valence-electron chi connectivity index (χ0n) is 17.4. The molecule has 0 aliphatic heterocycles. The molecule has 0 aliphatic carbocycles. The average molecular weight is 435 g/mol. The van der Waals surface area contributed by atoms with Crippen molar-refractivity contribution >= 4 is 29.1 Å². The van der Waals surface area contributed by atoms with E-state index >= 15 is 0 Å². The third kappa shape index (κ3) is 4.67. The van der Waals surface area contributed by atoms with Crippen molar-refractivity contribution in [2.75, 3.05) is 12.3 Å². The van der Waals surface area contributed by atoms with Crippen molar-refractivity contribution in [2.24, 2.45) is 0 Å². The Balaban J connectivity index is 1.48. The van der Waals surface area contributed by atoms with Gasteiger partial charge in [-0.25, -0.2) is 4.52 Å². The number of nitrogens with zero attached hydrogens (tertiary/aromatic N) is 4. The summed E-state index contributed by atoms with van der Waals surface area (Å²) in [5, 5.41) is 7.82. The van der Waals surface area contributed by atoms with Gasteiger partial charge < -0.3 is 11.1 Å². The molecule has 3 heterocycles. The number of halogens is 1. The lowest BCUT2D eigenvalue weighted by Crippen LogP contribution is -2.26. The number of carbonyl (C=O) groups is 1. The van der Waals surface area contributed by atoms with E-state index < -0.39 is 0 Å². The number of benzene rings is 1. The van der Waals surface area contributed by atoms with Crippen LogP contribution in [0.15, 0.2) is 48.7 Å². The quantitative estimate of drug-likeness (QED) is 0.447. The highest BCUT2D eigenvalue weighted by molar-refractivity contribution is 6.30. The summed E-state index contributed by atoms with van der Waals surface area (Å²) >= 11 is 5.92. The largest absolute Gasteiger partial charge is 0.366 e. The van der Waals surface area contributed by atoms with Crippen LogP contribution in [0.1, 0.15) is 33.7 Å². The van der Waals surface area contributed by atoms with Crippen LogP contribution in [0.2, 0.25) is 5.02 Å². The lowest BCUT2D eigenvalue weighted by Gasteiger charge is -2.12. The average Bonchev–Trinajstić information content (AvgIpc) is 3.11. The number of anilines is 1. The van der Waals surface area contributed by atoms with E-state index in [0.717, 1.165) is 34.7 Å². The molecule has 158 valence electrons. The molecule has 0 unspecified atom stereocenters. The molecule has 8 heteroatoms. The van der Waals surface area contributed by atoms with Gasteiger partial charge in [-0.1, -0.05) is 23.7 Å². The van der Waals surface area contributed by atoms with Gasteiger partial charge in [0.15, 0.2) is 5.65 Å². The van der Waals surface area contributed by atoms with Crippen molar-refractivity contribution in [3.8, 4) is 11.1 Å². The molecule has 4 aromatic rings. The second-order valence-corrected chi connectivity index (χ2v) is 7.86. The van der Waals surface area contributed by atoms with Crippen molar-refractivity contribution in [1.82, 2.24) is 24.9 Å². The zero-order valence-corrected chi connectivity index (χ0v) is 18.1. The molecule has 0 fully saturated rings. The normalized spacial score (nSPS) is 11.1. The molecular weight excluding hydrogens is 412 g/mol. The Bertz CT molecular complexity index is 1250. The first-order chi connectivity index (χ1) is 14.9. The van der Waals surface area contributed by atoms with Gasteiger partial charge in [-0.3, -0.25) is 9.78 Å². The molecule has 3 N–H and O–H groups in total. The Hall–Kier alpha value is -3.45. The summed E-state index contributed by atoms with van der Waals surface area (Å²) in [6.45, 7) is 4.36. The molecule has 0 spiro atoms. The molecule has 0 bridgehead atoms.